The second-order valence-corrected chi connectivity index (χ2v) is 5.50. The van der Waals surface area contributed by atoms with Crippen LogP contribution in [-0.2, 0) is 6.54 Å². The fraction of sp³-hybridized carbons (Fsp3) is 0.571. The molecule has 1 aromatic carbocycles. The molecule has 0 fully saturated rings. The summed E-state index contributed by atoms with van der Waals surface area (Å²) in [5.41, 5.74) is 2.92. The van der Waals surface area contributed by atoms with Crippen LogP contribution in [0.25, 0.3) is 0 Å². The maximum atomic E-state index is 2.36. The average molecular weight is 206 g/mol. The summed E-state index contributed by atoms with van der Waals surface area (Å²) in [7, 11) is 6.70. The van der Waals surface area contributed by atoms with E-state index in [0.29, 0.717) is 5.92 Å². The third kappa shape index (κ3) is 4.05. The van der Waals surface area contributed by atoms with Crippen molar-refractivity contribution in [3.05, 3.63) is 35.4 Å². The fourth-order valence-electron chi connectivity index (χ4n) is 1.78. The van der Waals surface area contributed by atoms with Crippen LogP contribution in [0.15, 0.2) is 24.3 Å². The molecule has 15 heavy (non-hydrogen) atoms. The van der Waals surface area contributed by atoms with Gasteiger partial charge in [-0.3, -0.25) is 0 Å². The molecule has 0 aliphatic rings. The van der Waals surface area contributed by atoms with E-state index in [4.69, 9.17) is 0 Å². The Hall–Kier alpha value is -0.820. The van der Waals surface area contributed by atoms with Crippen molar-refractivity contribution in [2.75, 3.05) is 21.1 Å². The highest BCUT2D eigenvalue weighted by atomic mass is 15.3. The van der Waals surface area contributed by atoms with Crippen molar-refractivity contribution in [1.29, 1.82) is 0 Å². The Morgan fingerprint density at radius 2 is 1.87 bits per heavy atom. The van der Waals surface area contributed by atoms with Crippen LogP contribution in [0.2, 0.25) is 0 Å². The first-order valence-corrected chi connectivity index (χ1v) is 5.81. The summed E-state index contributed by atoms with van der Waals surface area (Å²) in [6.07, 6.45) is 1.22. The molecule has 0 saturated carbocycles. The van der Waals surface area contributed by atoms with Gasteiger partial charge in [-0.2, -0.15) is 0 Å². The van der Waals surface area contributed by atoms with Gasteiger partial charge < -0.3 is 4.48 Å². The molecular formula is C14H24N+. The summed E-state index contributed by atoms with van der Waals surface area (Å²) in [5.74, 6) is 0.678. The maximum Gasteiger partial charge on any atom is 0.104 e. The van der Waals surface area contributed by atoms with Crippen LogP contribution in [0.5, 0.6) is 0 Å². The highest BCUT2D eigenvalue weighted by Gasteiger charge is 2.10. The summed E-state index contributed by atoms with van der Waals surface area (Å²) >= 11 is 0. The molecule has 0 saturated heterocycles. The third-order valence-corrected chi connectivity index (χ3v) is 2.79. The Balaban J connectivity index is 2.83. The van der Waals surface area contributed by atoms with Crippen LogP contribution >= 0.6 is 0 Å². The molecule has 1 nitrogen and oxygen atoms in total. The molecule has 84 valence electrons. The zero-order valence-electron chi connectivity index (χ0n) is 10.7. The molecule has 0 aliphatic carbocycles. The van der Waals surface area contributed by atoms with Crippen LogP contribution in [0.1, 0.15) is 37.3 Å². The first-order valence-electron chi connectivity index (χ1n) is 5.81. The van der Waals surface area contributed by atoms with Crippen molar-refractivity contribution in [2.24, 2.45) is 0 Å². The Kier molecular flexibility index (Phi) is 3.92. The molecule has 0 N–H and O–H groups in total. The predicted molar refractivity (Wildman–Crippen MR) is 66.9 cm³/mol. The molecule has 0 spiro atoms. The molecule has 1 atom stereocenters. The van der Waals surface area contributed by atoms with E-state index >= 15 is 0 Å². The lowest BCUT2D eigenvalue weighted by molar-refractivity contribution is -0.884. The van der Waals surface area contributed by atoms with E-state index in [-0.39, 0.29) is 0 Å². The molecule has 0 heterocycles. The topological polar surface area (TPSA) is 0 Å². The van der Waals surface area contributed by atoms with Gasteiger partial charge >= 0.3 is 0 Å². The average Bonchev–Trinajstić information content (AvgIpc) is 2.14. The first kappa shape index (κ1) is 12.3. The molecule has 0 aliphatic heterocycles. The zero-order valence-corrected chi connectivity index (χ0v) is 10.7. The van der Waals surface area contributed by atoms with Gasteiger partial charge in [-0.1, -0.05) is 32.0 Å². The molecule has 0 radical (unpaired) electrons. The normalized spacial score (nSPS) is 13.9. The summed E-state index contributed by atoms with van der Waals surface area (Å²) in [5, 5.41) is 0. The molecule has 1 unspecified atom stereocenters. The number of hydrogen-bond acceptors (Lipinski definition) is 0. The van der Waals surface area contributed by atoms with Gasteiger partial charge in [-0.15, -0.1) is 0 Å². The number of rotatable bonds is 4. The van der Waals surface area contributed by atoms with E-state index in [1.807, 2.05) is 0 Å². The predicted octanol–water partition coefficient (Wildman–Crippen LogP) is 3.41. The first-order chi connectivity index (χ1) is 6.92. The van der Waals surface area contributed by atoms with E-state index in [9.17, 15) is 0 Å². The lowest BCUT2D eigenvalue weighted by Gasteiger charge is -2.24. The molecule has 1 aromatic rings. The lowest BCUT2D eigenvalue weighted by atomic mass is 9.97. The van der Waals surface area contributed by atoms with E-state index in [1.165, 1.54) is 17.5 Å². The van der Waals surface area contributed by atoms with Gasteiger partial charge in [0, 0.05) is 5.56 Å². The van der Waals surface area contributed by atoms with Crippen molar-refractivity contribution in [3.63, 3.8) is 0 Å². The summed E-state index contributed by atoms with van der Waals surface area (Å²) < 4.78 is 0.990. The Labute approximate surface area is 94.3 Å². The minimum absolute atomic E-state index is 0.678. The smallest absolute Gasteiger partial charge is 0.104 e. The van der Waals surface area contributed by atoms with Crippen molar-refractivity contribution >= 4 is 0 Å². The van der Waals surface area contributed by atoms with Gasteiger partial charge in [0.1, 0.15) is 6.54 Å². The maximum absolute atomic E-state index is 2.36. The Morgan fingerprint density at radius 1 is 1.20 bits per heavy atom. The second-order valence-electron chi connectivity index (χ2n) is 5.50. The van der Waals surface area contributed by atoms with Gasteiger partial charge in [-0.25, -0.2) is 0 Å². The SMILES string of the molecule is CCC(C)c1cccc(C[N+](C)(C)C)c1. The van der Waals surface area contributed by atoms with Crippen LogP contribution in [-0.4, -0.2) is 25.6 Å². The molecular weight excluding hydrogens is 182 g/mol. The van der Waals surface area contributed by atoms with Gasteiger partial charge in [0.15, 0.2) is 0 Å². The number of benzene rings is 1. The van der Waals surface area contributed by atoms with Crippen molar-refractivity contribution in [2.45, 2.75) is 32.7 Å². The van der Waals surface area contributed by atoms with Crippen LogP contribution in [0.3, 0.4) is 0 Å². The van der Waals surface area contributed by atoms with E-state index in [0.717, 1.165) is 11.0 Å². The highest BCUT2D eigenvalue weighted by molar-refractivity contribution is 5.25. The molecule has 0 amide bonds. The number of hydrogen-bond donors (Lipinski definition) is 0. The largest absolute Gasteiger partial charge is 0.327 e. The lowest BCUT2D eigenvalue weighted by Crippen LogP contribution is -2.33. The standard InChI is InChI=1S/C14H24N/c1-6-12(2)14-9-7-8-13(10-14)11-15(3,4)5/h7-10,12H,6,11H2,1-5H3/q+1. The van der Waals surface area contributed by atoms with Gasteiger partial charge in [-0.05, 0) is 24.0 Å². The zero-order chi connectivity index (χ0) is 11.5. The fourth-order valence-corrected chi connectivity index (χ4v) is 1.78. The number of nitrogens with zero attached hydrogens (tertiary/aromatic N) is 1. The number of quaternary nitrogens is 1. The van der Waals surface area contributed by atoms with Gasteiger partial charge in [0.2, 0.25) is 0 Å². The van der Waals surface area contributed by atoms with Crippen molar-refractivity contribution in [1.82, 2.24) is 0 Å². The van der Waals surface area contributed by atoms with Crippen LogP contribution in [0, 0.1) is 0 Å². The summed E-state index contributed by atoms with van der Waals surface area (Å²) in [4.78, 5) is 0. The minimum Gasteiger partial charge on any atom is -0.327 e. The van der Waals surface area contributed by atoms with E-state index < -0.39 is 0 Å². The van der Waals surface area contributed by atoms with Gasteiger partial charge in [0.25, 0.3) is 0 Å². The third-order valence-electron chi connectivity index (χ3n) is 2.79. The van der Waals surface area contributed by atoms with Crippen LogP contribution in [0.4, 0.5) is 0 Å². The monoisotopic (exact) mass is 206 g/mol. The highest BCUT2D eigenvalue weighted by Crippen LogP contribution is 2.20. The summed E-state index contributed by atoms with van der Waals surface area (Å²) in [6, 6.07) is 9.02. The van der Waals surface area contributed by atoms with Gasteiger partial charge in [0.05, 0.1) is 21.1 Å². The quantitative estimate of drug-likeness (QED) is 0.662. The van der Waals surface area contributed by atoms with Crippen molar-refractivity contribution in [3.8, 4) is 0 Å². The Morgan fingerprint density at radius 3 is 2.40 bits per heavy atom. The van der Waals surface area contributed by atoms with Crippen LogP contribution < -0.4 is 0 Å². The molecule has 0 aromatic heterocycles. The minimum atomic E-state index is 0.678. The van der Waals surface area contributed by atoms with Crippen molar-refractivity contribution < 1.29 is 4.48 Å². The second kappa shape index (κ2) is 4.80. The molecule has 1 heteroatoms. The Bertz CT molecular complexity index is 309. The molecule has 1 rings (SSSR count). The summed E-state index contributed by atoms with van der Waals surface area (Å²) in [6.45, 7) is 5.65. The molecule has 0 bridgehead atoms. The van der Waals surface area contributed by atoms with E-state index in [2.05, 4.69) is 59.3 Å². The van der Waals surface area contributed by atoms with E-state index in [1.54, 1.807) is 0 Å².